The van der Waals surface area contributed by atoms with Gasteiger partial charge in [0.25, 0.3) is 0 Å². The predicted octanol–water partition coefficient (Wildman–Crippen LogP) is 2.96. The van der Waals surface area contributed by atoms with Gasteiger partial charge in [-0.25, -0.2) is 0 Å². The van der Waals surface area contributed by atoms with Crippen molar-refractivity contribution in [2.75, 3.05) is 6.54 Å². The highest BCUT2D eigenvalue weighted by molar-refractivity contribution is 4.65. The molecule has 0 rings (SSSR count). The molecular formula is C9H23N. The molecule has 64 valence electrons. The van der Waals surface area contributed by atoms with Crippen LogP contribution >= 0.6 is 0 Å². The van der Waals surface area contributed by atoms with Gasteiger partial charge in [-0.3, -0.25) is 0 Å². The Morgan fingerprint density at radius 1 is 1.20 bits per heavy atom. The topological polar surface area (TPSA) is 26.0 Å². The molecule has 0 aliphatic heterocycles. The van der Waals surface area contributed by atoms with Crippen molar-refractivity contribution in [1.29, 1.82) is 0 Å². The van der Waals surface area contributed by atoms with E-state index in [4.69, 9.17) is 5.73 Å². The second-order valence-corrected chi connectivity index (χ2v) is 1.22. The molecule has 0 bridgehead atoms. The number of unbranched alkanes of at least 4 members (excludes halogenated alkanes) is 1. The van der Waals surface area contributed by atoms with Gasteiger partial charge < -0.3 is 5.73 Å². The number of nitrogens with two attached hydrogens (primary N) is 1. The van der Waals surface area contributed by atoms with Crippen molar-refractivity contribution in [2.24, 2.45) is 5.73 Å². The molecule has 0 saturated carbocycles. The van der Waals surface area contributed by atoms with Crippen molar-refractivity contribution in [2.45, 2.75) is 40.5 Å². The number of rotatable bonds is 3. The van der Waals surface area contributed by atoms with Crippen molar-refractivity contribution in [3.63, 3.8) is 0 Å². The summed E-state index contributed by atoms with van der Waals surface area (Å²) in [6.45, 7) is 12.3. The van der Waals surface area contributed by atoms with Crippen molar-refractivity contribution >= 4 is 0 Å². The molecule has 0 amide bonds. The van der Waals surface area contributed by atoms with E-state index in [0.29, 0.717) is 0 Å². The van der Waals surface area contributed by atoms with E-state index in [1.807, 2.05) is 33.8 Å². The van der Waals surface area contributed by atoms with Gasteiger partial charge in [-0.1, -0.05) is 33.8 Å². The van der Waals surface area contributed by atoms with Crippen LogP contribution in [0, 0.1) is 0 Å². The van der Waals surface area contributed by atoms with Gasteiger partial charge in [0.1, 0.15) is 0 Å². The van der Waals surface area contributed by atoms with Crippen molar-refractivity contribution in [1.82, 2.24) is 0 Å². The molecule has 1 nitrogen and oxygen atoms in total. The third-order valence-corrected chi connectivity index (χ3v) is 0.612. The lowest BCUT2D eigenvalue weighted by Gasteiger charge is -1.82. The third-order valence-electron chi connectivity index (χ3n) is 0.612. The van der Waals surface area contributed by atoms with Gasteiger partial charge in [0, 0.05) is 0 Å². The van der Waals surface area contributed by atoms with E-state index in [1.165, 1.54) is 0 Å². The van der Waals surface area contributed by atoms with E-state index < -0.39 is 0 Å². The fraction of sp³-hybridized carbons (Fsp3) is 0.778. The van der Waals surface area contributed by atoms with Crippen LogP contribution in [0.5, 0.6) is 0 Å². The van der Waals surface area contributed by atoms with Gasteiger partial charge in [0.15, 0.2) is 0 Å². The molecule has 0 spiro atoms. The van der Waals surface area contributed by atoms with Gasteiger partial charge in [0.2, 0.25) is 0 Å². The first-order valence-corrected chi connectivity index (χ1v) is 4.22. The number of hydrogen-bond donors (Lipinski definition) is 1. The van der Waals surface area contributed by atoms with Crippen LogP contribution in [0.2, 0.25) is 0 Å². The zero-order valence-corrected chi connectivity index (χ0v) is 7.98. The molecule has 2 N–H and O–H groups in total. The maximum atomic E-state index is 5.17. The number of hydrogen-bond acceptors (Lipinski definition) is 1. The molecule has 0 saturated heterocycles. The van der Waals surface area contributed by atoms with Crippen LogP contribution in [-0.4, -0.2) is 6.54 Å². The molecule has 0 unspecified atom stereocenters. The molecule has 0 aliphatic rings. The van der Waals surface area contributed by atoms with Crippen LogP contribution in [0.1, 0.15) is 40.5 Å². The lowest BCUT2D eigenvalue weighted by Crippen LogP contribution is -1.96. The van der Waals surface area contributed by atoms with Gasteiger partial charge in [-0.05, 0) is 19.4 Å². The monoisotopic (exact) mass is 145 g/mol. The Hall–Kier alpha value is -0.300. The SMILES string of the molecule is C=CCCCN.CC.CC. The molecule has 10 heavy (non-hydrogen) atoms. The van der Waals surface area contributed by atoms with Gasteiger partial charge in [-0.15, -0.1) is 6.58 Å². The van der Waals surface area contributed by atoms with Crippen molar-refractivity contribution in [3.05, 3.63) is 12.7 Å². The standard InChI is InChI=1S/C5H11N.2C2H6/c1-2-3-4-5-6;2*1-2/h2H,1,3-6H2;2*1-2H3. The highest BCUT2D eigenvalue weighted by atomic mass is 14.5. The Balaban J connectivity index is -0.000000105. The Bertz CT molecular complexity index is 33.7. The second kappa shape index (κ2) is 37.7. The second-order valence-electron chi connectivity index (χ2n) is 1.22. The van der Waals surface area contributed by atoms with Crippen LogP contribution in [0.3, 0.4) is 0 Å². The molecule has 0 fully saturated rings. The predicted molar refractivity (Wildman–Crippen MR) is 51.2 cm³/mol. The molecule has 0 atom stereocenters. The summed E-state index contributed by atoms with van der Waals surface area (Å²) >= 11 is 0. The zero-order valence-electron chi connectivity index (χ0n) is 7.98. The van der Waals surface area contributed by atoms with Gasteiger partial charge >= 0.3 is 0 Å². The van der Waals surface area contributed by atoms with E-state index in [-0.39, 0.29) is 0 Å². The van der Waals surface area contributed by atoms with Crippen molar-refractivity contribution < 1.29 is 0 Å². The summed E-state index contributed by atoms with van der Waals surface area (Å²) in [5, 5.41) is 0. The van der Waals surface area contributed by atoms with Crippen LogP contribution in [0.25, 0.3) is 0 Å². The first kappa shape index (κ1) is 16.4. The average molecular weight is 145 g/mol. The van der Waals surface area contributed by atoms with E-state index in [1.54, 1.807) is 0 Å². The Morgan fingerprint density at radius 3 is 1.70 bits per heavy atom. The first-order valence-electron chi connectivity index (χ1n) is 4.22. The Kier molecular flexibility index (Phi) is 61.6. The Labute approximate surface area is 66.3 Å². The summed E-state index contributed by atoms with van der Waals surface area (Å²) in [7, 11) is 0. The minimum absolute atomic E-state index is 0.784. The highest BCUT2D eigenvalue weighted by Crippen LogP contribution is 1.82. The molecule has 1 heteroatoms. The molecule has 0 aliphatic carbocycles. The lowest BCUT2D eigenvalue weighted by atomic mass is 10.3. The quantitative estimate of drug-likeness (QED) is 0.479. The normalized spacial score (nSPS) is 6.10. The Morgan fingerprint density at radius 2 is 1.60 bits per heavy atom. The van der Waals surface area contributed by atoms with Crippen LogP contribution in [-0.2, 0) is 0 Å². The average Bonchev–Trinajstić information content (AvgIpc) is 2.08. The minimum atomic E-state index is 0.784. The minimum Gasteiger partial charge on any atom is -0.330 e. The maximum absolute atomic E-state index is 5.17. The third kappa shape index (κ3) is 47.4. The van der Waals surface area contributed by atoms with Gasteiger partial charge in [-0.2, -0.15) is 0 Å². The number of allylic oxidation sites excluding steroid dienone is 1. The first-order chi connectivity index (χ1) is 4.91. The molecule has 0 radical (unpaired) electrons. The molecule has 0 aromatic carbocycles. The van der Waals surface area contributed by atoms with Gasteiger partial charge in [0.05, 0.1) is 0 Å². The van der Waals surface area contributed by atoms with E-state index in [9.17, 15) is 0 Å². The smallest absolute Gasteiger partial charge is 0.00743 e. The molecule has 0 aromatic heterocycles. The summed E-state index contributed by atoms with van der Waals surface area (Å²) in [6.07, 6.45) is 4.01. The van der Waals surface area contributed by atoms with Crippen molar-refractivity contribution in [3.8, 4) is 0 Å². The molecule has 0 heterocycles. The van der Waals surface area contributed by atoms with Crippen LogP contribution < -0.4 is 5.73 Å². The van der Waals surface area contributed by atoms with Crippen LogP contribution in [0.15, 0.2) is 12.7 Å². The van der Waals surface area contributed by atoms with E-state index in [2.05, 4.69) is 6.58 Å². The fourth-order valence-corrected chi connectivity index (χ4v) is 0.262. The molecular weight excluding hydrogens is 122 g/mol. The summed E-state index contributed by atoms with van der Waals surface area (Å²) in [6, 6.07) is 0. The highest BCUT2D eigenvalue weighted by Gasteiger charge is 1.71. The summed E-state index contributed by atoms with van der Waals surface area (Å²) in [5.74, 6) is 0. The summed E-state index contributed by atoms with van der Waals surface area (Å²) in [5.41, 5.74) is 5.17. The fourth-order valence-electron chi connectivity index (χ4n) is 0.262. The molecule has 0 aromatic rings. The van der Waals surface area contributed by atoms with Crippen LogP contribution in [0.4, 0.5) is 0 Å². The summed E-state index contributed by atoms with van der Waals surface area (Å²) in [4.78, 5) is 0. The lowest BCUT2D eigenvalue weighted by molar-refractivity contribution is 0.856. The van der Waals surface area contributed by atoms with E-state index >= 15 is 0 Å². The van der Waals surface area contributed by atoms with E-state index in [0.717, 1.165) is 19.4 Å². The maximum Gasteiger partial charge on any atom is -0.00743 e. The largest absolute Gasteiger partial charge is 0.330 e. The zero-order chi connectivity index (χ0) is 8.83. The summed E-state index contributed by atoms with van der Waals surface area (Å²) < 4.78 is 0.